The second kappa shape index (κ2) is 10.3. The van der Waals surface area contributed by atoms with Crippen molar-refractivity contribution in [1.29, 1.82) is 0 Å². The van der Waals surface area contributed by atoms with Crippen LogP contribution in [0.1, 0.15) is 26.5 Å². The average Bonchev–Trinajstić information content (AvgIpc) is 3.42. The minimum atomic E-state index is -0.200. The molecule has 5 rings (SSSR count). The third-order valence-corrected chi connectivity index (χ3v) is 7.44. The van der Waals surface area contributed by atoms with Crippen LogP contribution in [0, 0.1) is 0 Å². The maximum absolute atomic E-state index is 13.8. The second-order valence-corrected chi connectivity index (χ2v) is 9.89. The topological polar surface area (TPSA) is 89.3 Å². The summed E-state index contributed by atoms with van der Waals surface area (Å²) in [7, 11) is 1.56. The van der Waals surface area contributed by atoms with Gasteiger partial charge in [-0.2, -0.15) is 0 Å². The lowest BCUT2D eigenvalue weighted by Crippen LogP contribution is -2.40. The molecule has 0 spiro atoms. The summed E-state index contributed by atoms with van der Waals surface area (Å²) in [6, 6.07) is 12.1. The van der Waals surface area contributed by atoms with Gasteiger partial charge in [0.05, 0.1) is 47.1 Å². The summed E-state index contributed by atoms with van der Waals surface area (Å²) in [6.07, 6.45) is 2.14. The predicted octanol–water partition coefficient (Wildman–Crippen LogP) is 4.82. The number of aromatic nitrogens is 3. The maximum atomic E-state index is 13.8. The Balaban J connectivity index is 1.54. The third-order valence-electron chi connectivity index (χ3n) is 5.92. The molecule has 0 atom stereocenters. The number of ether oxygens (including phenoxy) is 1. The second-order valence-electron chi connectivity index (χ2n) is 8.10. The molecule has 0 aliphatic carbocycles. The van der Waals surface area contributed by atoms with Crippen molar-refractivity contribution in [2.24, 2.45) is 0 Å². The Labute approximate surface area is 221 Å². The van der Waals surface area contributed by atoms with Gasteiger partial charge >= 0.3 is 0 Å². The number of hydrogen-bond acceptors (Lipinski definition) is 7. The number of amides is 1. The number of benzene rings is 2. The van der Waals surface area contributed by atoms with Gasteiger partial charge in [-0.3, -0.25) is 14.6 Å². The fourth-order valence-electron chi connectivity index (χ4n) is 4.13. The summed E-state index contributed by atoms with van der Waals surface area (Å²) < 4.78 is 7.06. The molecule has 0 unspecified atom stereocenters. The van der Waals surface area contributed by atoms with E-state index in [-0.39, 0.29) is 18.0 Å². The number of fused-ring (bicyclic) bond motifs is 1. The summed E-state index contributed by atoms with van der Waals surface area (Å²) >= 11 is 13.6. The van der Waals surface area contributed by atoms with Gasteiger partial charge in [0.1, 0.15) is 5.75 Å². The highest BCUT2D eigenvalue weighted by Crippen LogP contribution is 2.27. The third kappa shape index (κ3) is 4.69. The molecule has 2 aromatic heterocycles. The van der Waals surface area contributed by atoms with Crippen LogP contribution in [0.2, 0.25) is 10.0 Å². The van der Waals surface area contributed by atoms with E-state index in [4.69, 9.17) is 32.9 Å². The normalized spacial score (nSPS) is 12.8. The molecule has 0 saturated carbocycles. The van der Waals surface area contributed by atoms with Gasteiger partial charge in [0.2, 0.25) is 5.95 Å². The standard InChI is InChI=1S/C25H21Cl2N5O3S/c1-35-22-5-3-2-4-21(22)32-24(34)17-8-9-31(23(33)15-6-7-18(26)19(27)10-15)13-20(17)30-25(32)29-12-16-11-28-14-36-16/h2-7,10-11,14H,8-9,12-13H2,1H3,(H,29,30). The first kappa shape index (κ1) is 24.3. The summed E-state index contributed by atoms with van der Waals surface area (Å²) in [6.45, 7) is 1.02. The van der Waals surface area contributed by atoms with Gasteiger partial charge in [0, 0.05) is 28.7 Å². The van der Waals surface area contributed by atoms with Crippen LogP contribution in [-0.4, -0.2) is 39.0 Å². The maximum Gasteiger partial charge on any atom is 0.263 e. The number of halogens is 2. The smallest absolute Gasteiger partial charge is 0.263 e. The van der Waals surface area contributed by atoms with E-state index in [1.54, 1.807) is 48.0 Å². The van der Waals surface area contributed by atoms with Gasteiger partial charge in [-0.05, 0) is 36.8 Å². The lowest BCUT2D eigenvalue weighted by molar-refractivity contribution is 0.0731. The fourth-order valence-corrected chi connectivity index (χ4v) is 4.96. The van der Waals surface area contributed by atoms with E-state index in [1.165, 1.54) is 15.9 Å². The Morgan fingerprint density at radius 3 is 2.78 bits per heavy atom. The quantitative estimate of drug-likeness (QED) is 0.376. The van der Waals surface area contributed by atoms with Crippen LogP contribution < -0.4 is 15.6 Å². The lowest BCUT2D eigenvalue weighted by atomic mass is 10.0. The summed E-state index contributed by atoms with van der Waals surface area (Å²) in [4.78, 5) is 38.5. The molecule has 0 saturated heterocycles. The zero-order valence-electron chi connectivity index (χ0n) is 19.2. The van der Waals surface area contributed by atoms with Gasteiger partial charge in [0.15, 0.2) is 0 Å². The molecule has 0 radical (unpaired) electrons. The Morgan fingerprint density at radius 1 is 1.19 bits per heavy atom. The molecule has 1 N–H and O–H groups in total. The highest BCUT2D eigenvalue weighted by atomic mass is 35.5. The molecule has 1 aliphatic rings. The molecule has 2 aromatic carbocycles. The van der Waals surface area contributed by atoms with Crippen LogP contribution in [0.5, 0.6) is 5.75 Å². The molecule has 8 nitrogen and oxygen atoms in total. The van der Waals surface area contributed by atoms with Crippen molar-refractivity contribution in [2.45, 2.75) is 19.5 Å². The Morgan fingerprint density at radius 2 is 2.03 bits per heavy atom. The van der Waals surface area contributed by atoms with Gasteiger partial charge < -0.3 is 15.0 Å². The van der Waals surface area contributed by atoms with Crippen LogP contribution in [0.4, 0.5) is 5.95 Å². The minimum Gasteiger partial charge on any atom is -0.495 e. The van der Waals surface area contributed by atoms with Crippen molar-refractivity contribution in [1.82, 2.24) is 19.4 Å². The highest BCUT2D eigenvalue weighted by molar-refractivity contribution is 7.09. The van der Waals surface area contributed by atoms with E-state index in [2.05, 4.69) is 10.3 Å². The molecular formula is C25H21Cl2N5O3S. The average molecular weight is 542 g/mol. The van der Waals surface area contributed by atoms with Gasteiger partial charge in [-0.1, -0.05) is 35.3 Å². The number of thiazole rings is 1. The number of rotatable bonds is 6. The number of methoxy groups -OCH3 is 1. The lowest BCUT2D eigenvalue weighted by Gasteiger charge is -2.29. The van der Waals surface area contributed by atoms with Gasteiger partial charge in [-0.25, -0.2) is 9.55 Å². The summed E-state index contributed by atoms with van der Waals surface area (Å²) in [5.74, 6) is 0.712. The van der Waals surface area contributed by atoms with Crippen LogP contribution in [0.3, 0.4) is 0 Å². The van der Waals surface area contributed by atoms with Crippen LogP contribution in [-0.2, 0) is 19.5 Å². The predicted molar refractivity (Wildman–Crippen MR) is 141 cm³/mol. The molecule has 11 heteroatoms. The molecule has 3 heterocycles. The van der Waals surface area contributed by atoms with Crippen molar-refractivity contribution in [2.75, 3.05) is 19.0 Å². The largest absolute Gasteiger partial charge is 0.495 e. The molecular weight excluding hydrogens is 521 g/mol. The number of anilines is 1. The Kier molecular flexibility index (Phi) is 6.95. The summed E-state index contributed by atoms with van der Waals surface area (Å²) in [5, 5.41) is 3.97. The van der Waals surface area contributed by atoms with Crippen molar-refractivity contribution in [3.05, 3.63) is 96.3 Å². The van der Waals surface area contributed by atoms with Crippen molar-refractivity contribution in [3.63, 3.8) is 0 Å². The van der Waals surface area contributed by atoms with Crippen molar-refractivity contribution < 1.29 is 9.53 Å². The van der Waals surface area contributed by atoms with Crippen LogP contribution >= 0.6 is 34.5 Å². The van der Waals surface area contributed by atoms with E-state index in [9.17, 15) is 9.59 Å². The Bertz CT molecular complexity index is 1490. The number of carbonyl (C=O) groups excluding carboxylic acids is 1. The monoisotopic (exact) mass is 541 g/mol. The zero-order chi connectivity index (χ0) is 25.2. The molecule has 1 aliphatic heterocycles. The number of carbonyl (C=O) groups is 1. The van der Waals surface area contributed by atoms with Crippen LogP contribution in [0.25, 0.3) is 5.69 Å². The highest BCUT2D eigenvalue weighted by Gasteiger charge is 2.28. The molecule has 4 aromatic rings. The van der Waals surface area contributed by atoms with E-state index < -0.39 is 0 Å². The molecule has 0 fully saturated rings. The minimum absolute atomic E-state index is 0.196. The van der Waals surface area contributed by atoms with Gasteiger partial charge in [0.25, 0.3) is 11.5 Å². The number of nitrogens with zero attached hydrogens (tertiary/aromatic N) is 4. The molecule has 1 amide bonds. The zero-order valence-corrected chi connectivity index (χ0v) is 21.5. The van der Waals surface area contributed by atoms with Crippen molar-refractivity contribution >= 4 is 46.4 Å². The molecule has 0 bridgehead atoms. The number of hydrogen-bond donors (Lipinski definition) is 1. The van der Waals surface area contributed by atoms with E-state index >= 15 is 0 Å². The van der Waals surface area contributed by atoms with E-state index in [0.29, 0.717) is 63.8 Å². The van der Waals surface area contributed by atoms with Gasteiger partial charge in [-0.15, -0.1) is 11.3 Å². The van der Waals surface area contributed by atoms with Crippen LogP contribution in [0.15, 0.2) is 59.0 Å². The first-order chi connectivity index (χ1) is 17.5. The van der Waals surface area contributed by atoms with E-state index in [0.717, 1.165) is 4.88 Å². The molecule has 184 valence electrons. The number of nitrogens with one attached hydrogen (secondary N) is 1. The Hall–Kier alpha value is -3.40. The number of para-hydroxylation sites is 2. The fraction of sp³-hybridized carbons (Fsp3) is 0.200. The van der Waals surface area contributed by atoms with E-state index in [1.807, 2.05) is 18.2 Å². The first-order valence-electron chi connectivity index (χ1n) is 11.1. The first-order valence-corrected chi connectivity index (χ1v) is 12.7. The molecule has 36 heavy (non-hydrogen) atoms. The van der Waals surface area contributed by atoms with Crippen molar-refractivity contribution in [3.8, 4) is 11.4 Å². The summed E-state index contributed by atoms with van der Waals surface area (Å²) in [5.41, 5.74) is 3.69. The SMILES string of the molecule is COc1ccccc1-n1c(NCc2cncs2)nc2c(c1=O)CCN(C(=O)c1ccc(Cl)c(Cl)c1)C2.